The average Bonchev–Trinajstić information content (AvgIpc) is 1.23. The number of halogens is 3. The standard InChI is InChI=1S/C28H30F3N7O3.C27H31N7O4.C27H30N6O5/c1-4-24(39)33-19-7-5-8-20(15-19)34-25-18(2)17-32-27(36-25)35-22-10-9-21(16-23(22)41-3)37-11-6-12-38(14-13-37)26(40)28(29,30)31;1-5-24(35)30-19-7-6-8-21(15-19)38-25-18(2)17-29-26(32-25)31-22-10-9-20(16-23(22)37-4)33-11-13-34(14-12-33)27(36)28-3;1-5-24(34)29-19-7-6-8-21(15-19)38-25-18(2)17-28-26(31-25)30-22-10-9-20(16-23(22)36-3)32-11-13-33(14-12-32)27(35)37-4/h4-5,7-10,15-17H,1,6,11-14H2,2-3H3,(H,33,39)(H2,32,34,35,36);5-10,15-17H,1,11-14H2,2-4H3,(H,28,36)(H,30,35)(H,29,31,32);5-10,15-17H,1,11-14H2,2-4H3,(H,29,34)(H,28,30,31). The van der Waals surface area contributed by atoms with Crippen LogP contribution in [-0.4, -0.2) is 201 Å². The number of anilines is 14. The topological polar surface area (TPSA) is 351 Å². The molecule has 0 spiro atoms. The van der Waals surface area contributed by atoms with Crippen LogP contribution in [0.25, 0.3) is 0 Å². The lowest BCUT2D eigenvalue weighted by Crippen LogP contribution is -2.51. The second kappa shape index (κ2) is 40.4. The number of aryl methyl sites for hydroxylation is 3. The molecule has 6 heterocycles. The molecule has 3 aliphatic rings. The third-order valence-electron chi connectivity index (χ3n) is 18.3. The summed E-state index contributed by atoms with van der Waals surface area (Å²) < 4.78 is 72.3. The molecule has 9 aromatic rings. The summed E-state index contributed by atoms with van der Waals surface area (Å²) >= 11 is 0. The third-order valence-corrected chi connectivity index (χ3v) is 18.3. The van der Waals surface area contributed by atoms with Crippen molar-refractivity contribution in [1.82, 2.24) is 49.9 Å². The van der Waals surface area contributed by atoms with Crippen LogP contribution in [0.5, 0.6) is 40.5 Å². The van der Waals surface area contributed by atoms with E-state index >= 15 is 0 Å². The zero-order chi connectivity index (χ0) is 83.7. The van der Waals surface area contributed by atoms with Crippen molar-refractivity contribution < 1.29 is 70.4 Å². The first-order chi connectivity index (χ1) is 56.4. The van der Waals surface area contributed by atoms with Crippen molar-refractivity contribution in [2.75, 3.05) is 166 Å². The third kappa shape index (κ3) is 23.6. The summed E-state index contributed by atoms with van der Waals surface area (Å²) in [6.45, 7) is 22.0. The zero-order valence-electron chi connectivity index (χ0n) is 65.8. The van der Waals surface area contributed by atoms with E-state index in [0.29, 0.717) is 156 Å². The number of amides is 7. The lowest BCUT2D eigenvalue weighted by Gasteiger charge is -2.36. The molecule has 3 aromatic heterocycles. The number of urea groups is 1. The summed E-state index contributed by atoms with van der Waals surface area (Å²) in [5.74, 6) is 2.28. The summed E-state index contributed by atoms with van der Waals surface area (Å²) in [5.41, 5.74) is 9.44. The summed E-state index contributed by atoms with van der Waals surface area (Å²) in [6.07, 6.45) is 3.79. The van der Waals surface area contributed by atoms with E-state index in [1.54, 1.807) is 129 Å². The van der Waals surface area contributed by atoms with Crippen molar-refractivity contribution in [3.63, 3.8) is 0 Å². The number of carbonyl (C=O) groups excluding carboxylic acids is 6. The Morgan fingerprint density at radius 2 is 0.821 bits per heavy atom. The summed E-state index contributed by atoms with van der Waals surface area (Å²) in [7, 11) is 7.75. The fourth-order valence-electron chi connectivity index (χ4n) is 12.2. The molecule has 0 unspecified atom stereocenters. The van der Waals surface area contributed by atoms with Gasteiger partial charge in [-0.1, -0.05) is 37.9 Å². The predicted octanol–water partition coefficient (Wildman–Crippen LogP) is 13.3. The number of methoxy groups -OCH3 is 4. The Balaban J connectivity index is 0.000000185. The van der Waals surface area contributed by atoms with Gasteiger partial charge in [0.05, 0.1) is 45.5 Å². The molecule has 0 saturated carbocycles. The normalized spacial score (nSPS) is 13.2. The van der Waals surface area contributed by atoms with Gasteiger partial charge in [-0.25, -0.2) is 24.5 Å². The van der Waals surface area contributed by atoms with Crippen molar-refractivity contribution in [2.24, 2.45) is 0 Å². The van der Waals surface area contributed by atoms with Crippen LogP contribution < -0.4 is 80.9 Å². The number of ether oxygens (including phenoxy) is 6. The van der Waals surface area contributed by atoms with E-state index in [-0.39, 0.29) is 49.5 Å². The van der Waals surface area contributed by atoms with Crippen LogP contribution in [-0.2, 0) is 23.9 Å². The second-order valence-electron chi connectivity index (χ2n) is 26.3. The number of hydrogen-bond donors (Lipinski definition) is 8. The van der Waals surface area contributed by atoms with Gasteiger partial charge in [0.2, 0.25) is 47.3 Å². The van der Waals surface area contributed by atoms with Crippen molar-refractivity contribution in [1.29, 1.82) is 0 Å². The maximum absolute atomic E-state index is 12.9. The van der Waals surface area contributed by atoms with Gasteiger partial charge in [0.15, 0.2) is 0 Å². The molecule has 7 amide bonds. The smallest absolute Gasteiger partial charge is 0.471 e. The van der Waals surface area contributed by atoms with Crippen LogP contribution in [0, 0.1) is 20.8 Å². The molecule has 612 valence electrons. The molecular weight excluding hydrogens is 1510 g/mol. The number of rotatable bonds is 24. The van der Waals surface area contributed by atoms with E-state index in [0.717, 1.165) is 51.7 Å². The number of nitrogens with zero attached hydrogens (tertiary/aromatic N) is 12. The van der Waals surface area contributed by atoms with Gasteiger partial charge < -0.3 is 100 Å². The SMILES string of the molecule is C=CC(=O)Nc1cccc(Nc2nc(Nc3ccc(N4CCCN(C(=O)C(F)(F)F)CC4)cc3OC)ncc2C)c1.C=CC(=O)Nc1cccc(Oc2nc(Nc3ccc(N4CCN(C(=O)NC)CC4)cc3OC)ncc2C)c1.C=CC(=O)Nc1cccc(Oc2nc(Nc3ccc(N4CCN(C(=O)OC)CC4)cc3OC)ncc2C)c1. The molecule has 3 saturated heterocycles. The van der Waals surface area contributed by atoms with Gasteiger partial charge in [-0.3, -0.25) is 19.2 Å². The molecule has 117 heavy (non-hydrogen) atoms. The molecule has 0 atom stereocenters. The van der Waals surface area contributed by atoms with E-state index < -0.39 is 12.1 Å². The minimum absolute atomic E-state index is 0.0306. The van der Waals surface area contributed by atoms with Crippen molar-refractivity contribution in [3.05, 3.63) is 201 Å². The minimum atomic E-state index is -4.88. The van der Waals surface area contributed by atoms with Gasteiger partial charge in [0.25, 0.3) is 0 Å². The number of nitrogens with one attached hydrogen (secondary N) is 8. The summed E-state index contributed by atoms with van der Waals surface area (Å²) in [4.78, 5) is 108. The van der Waals surface area contributed by atoms with Crippen molar-refractivity contribution in [2.45, 2.75) is 33.4 Å². The largest absolute Gasteiger partial charge is 0.494 e. The fraction of sp³-hybridized carbons (Fsp3) is 0.268. The van der Waals surface area contributed by atoms with Crippen LogP contribution in [0.3, 0.4) is 0 Å². The van der Waals surface area contributed by atoms with Crippen LogP contribution in [0.2, 0.25) is 0 Å². The Bertz CT molecular complexity index is 4860. The highest BCUT2D eigenvalue weighted by Crippen LogP contribution is 2.38. The molecule has 35 heteroatoms. The number of benzene rings is 6. The number of aromatic nitrogens is 6. The molecule has 12 rings (SSSR count). The zero-order valence-corrected chi connectivity index (χ0v) is 65.8. The average molecular weight is 1610 g/mol. The molecule has 3 fully saturated rings. The monoisotopic (exact) mass is 1600 g/mol. The van der Waals surface area contributed by atoms with Crippen LogP contribution in [0.15, 0.2) is 184 Å². The minimum Gasteiger partial charge on any atom is -0.494 e. The van der Waals surface area contributed by atoms with E-state index in [4.69, 9.17) is 28.4 Å². The molecule has 32 nitrogen and oxygen atoms in total. The first-order valence-corrected chi connectivity index (χ1v) is 36.9. The highest BCUT2D eigenvalue weighted by Gasteiger charge is 2.43. The Morgan fingerprint density at radius 3 is 1.23 bits per heavy atom. The van der Waals surface area contributed by atoms with Crippen molar-refractivity contribution >= 4 is 116 Å². The quantitative estimate of drug-likeness (QED) is 0.0261. The van der Waals surface area contributed by atoms with Crippen LogP contribution in [0.4, 0.5) is 103 Å². The van der Waals surface area contributed by atoms with Gasteiger partial charge in [-0.2, -0.15) is 28.1 Å². The Kier molecular flexibility index (Phi) is 29.3. The first kappa shape index (κ1) is 85.0. The molecule has 8 N–H and O–H groups in total. The molecule has 6 aromatic carbocycles. The Labute approximate surface area is 674 Å². The van der Waals surface area contributed by atoms with Gasteiger partial charge in [-0.05, 0) is 124 Å². The summed E-state index contributed by atoms with van der Waals surface area (Å²) in [5, 5.41) is 23.6. The Morgan fingerprint density at radius 1 is 0.436 bits per heavy atom. The number of piperazine rings is 2. The molecular formula is C82H91F3N20O12. The van der Waals surface area contributed by atoms with E-state index in [9.17, 15) is 41.9 Å². The van der Waals surface area contributed by atoms with Crippen LogP contribution >= 0.6 is 0 Å². The maximum Gasteiger partial charge on any atom is 0.471 e. The highest BCUT2D eigenvalue weighted by molar-refractivity contribution is 6.00. The van der Waals surface area contributed by atoms with Crippen LogP contribution in [0.1, 0.15) is 23.1 Å². The molecule has 0 aliphatic carbocycles. The summed E-state index contributed by atoms with van der Waals surface area (Å²) in [6, 6.07) is 38.1. The molecule has 3 aliphatic heterocycles. The highest BCUT2D eigenvalue weighted by atomic mass is 19.4. The first-order valence-electron chi connectivity index (χ1n) is 36.9. The lowest BCUT2D eigenvalue weighted by molar-refractivity contribution is -0.185. The Hall–Kier alpha value is -14.4. The van der Waals surface area contributed by atoms with Gasteiger partial charge in [0, 0.05) is 191 Å². The number of alkyl halides is 3. The fourth-order valence-corrected chi connectivity index (χ4v) is 12.2. The molecule has 0 bridgehead atoms. The lowest BCUT2D eigenvalue weighted by atomic mass is 10.2. The van der Waals surface area contributed by atoms with Gasteiger partial charge in [-0.15, -0.1) is 0 Å². The molecule has 0 radical (unpaired) electrons. The number of carbonyl (C=O) groups is 6. The second-order valence-corrected chi connectivity index (χ2v) is 26.3. The van der Waals surface area contributed by atoms with E-state index in [2.05, 4.69) is 102 Å². The van der Waals surface area contributed by atoms with E-state index in [1.165, 1.54) is 32.4 Å². The van der Waals surface area contributed by atoms with E-state index in [1.807, 2.05) is 74.2 Å². The maximum atomic E-state index is 12.9. The predicted molar refractivity (Wildman–Crippen MR) is 442 cm³/mol. The van der Waals surface area contributed by atoms with Gasteiger partial charge in [0.1, 0.15) is 34.6 Å². The van der Waals surface area contributed by atoms with Crippen molar-refractivity contribution in [3.8, 4) is 40.5 Å². The number of hydrogen-bond acceptors (Lipinski definition) is 25. The van der Waals surface area contributed by atoms with Gasteiger partial charge >= 0.3 is 24.2 Å².